The van der Waals surface area contributed by atoms with Gasteiger partial charge in [0, 0.05) is 13.0 Å². The van der Waals surface area contributed by atoms with E-state index >= 15 is 0 Å². The lowest BCUT2D eigenvalue weighted by molar-refractivity contribution is -0.143. The minimum absolute atomic E-state index is 0.118. The zero-order valence-corrected chi connectivity index (χ0v) is 9.77. The van der Waals surface area contributed by atoms with Crippen molar-refractivity contribution in [1.29, 1.82) is 0 Å². The number of esters is 1. The third-order valence-electron chi connectivity index (χ3n) is 2.36. The molecule has 1 aliphatic heterocycles. The first-order valence-electron chi connectivity index (χ1n) is 5.48. The highest BCUT2D eigenvalue weighted by molar-refractivity contribution is 6.04. The second-order valence-corrected chi connectivity index (χ2v) is 3.58. The molecule has 0 bridgehead atoms. The average Bonchev–Trinajstić information content (AvgIpc) is 2.55. The van der Waals surface area contributed by atoms with Crippen LogP contribution in [0.2, 0.25) is 0 Å². The molecule has 1 saturated heterocycles. The molecule has 0 aromatic carbocycles. The first-order valence-corrected chi connectivity index (χ1v) is 5.48. The normalized spacial score (nSPS) is 19.1. The van der Waals surface area contributed by atoms with Crippen LogP contribution in [-0.4, -0.2) is 42.0 Å². The number of amides is 3. The van der Waals surface area contributed by atoms with Crippen LogP contribution in [0.1, 0.15) is 19.8 Å². The molecule has 1 heterocycles. The van der Waals surface area contributed by atoms with Gasteiger partial charge < -0.3 is 10.1 Å². The second kappa shape index (κ2) is 6.03. The van der Waals surface area contributed by atoms with Gasteiger partial charge in [-0.1, -0.05) is 6.08 Å². The van der Waals surface area contributed by atoms with Crippen molar-refractivity contribution in [1.82, 2.24) is 10.2 Å². The monoisotopic (exact) mass is 240 g/mol. The number of hydrogen-bond acceptors (Lipinski definition) is 4. The van der Waals surface area contributed by atoms with Crippen LogP contribution in [0.25, 0.3) is 0 Å². The average molecular weight is 240 g/mol. The number of urea groups is 1. The van der Waals surface area contributed by atoms with Crippen molar-refractivity contribution in [3.05, 3.63) is 12.7 Å². The summed E-state index contributed by atoms with van der Waals surface area (Å²) >= 11 is 0. The zero-order valence-electron chi connectivity index (χ0n) is 9.77. The smallest absolute Gasteiger partial charge is 0.325 e. The minimum atomic E-state index is -0.633. The van der Waals surface area contributed by atoms with Crippen molar-refractivity contribution in [2.75, 3.05) is 13.2 Å². The first kappa shape index (κ1) is 13.2. The van der Waals surface area contributed by atoms with E-state index in [-0.39, 0.29) is 31.3 Å². The number of ether oxygens (including phenoxy) is 1. The highest BCUT2D eigenvalue weighted by Gasteiger charge is 2.37. The Balaban J connectivity index is 2.46. The Labute approximate surface area is 99.6 Å². The van der Waals surface area contributed by atoms with E-state index in [2.05, 4.69) is 11.9 Å². The molecular weight excluding hydrogens is 224 g/mol. The predicted molar refractivity (Wildman–Crippen MR) is 60.1 cm³/mol. The molecule has 1 aliphatic rings. The topological polar surface area (TPSA) is 75.7 Å². The van der Waals surface area contributed by atoms with Crippen LogP contribution in [0.3, 0.4) is 0 Å². The molecule has 0 aliphatic carbocycles. The van der Waals surface area contributed by atoms with Crippen LogP contribution in [0, 0.1) is 0 Å². The SMILES string of the molecule is C=CCN1C(=O)NC(CCC(=O)OCC)C1=O. The van der Waals surface area contributed by atoms with Gasteiger partial charge in [-0.05, 0) is 13.3 Å². The molecule has 1 unspecified atom stereocenters. The van der Waals surface area contributed by atoms with Gasteiger partial charge in [-0.25, -0.2) is 4.79 Å². The van der Waals surface area contributed by atoms with Crippen LogP contribution in [0.15, 0.2) is 12.7 Å². The summed E-state index contributed by atoms with van der Waals surface area (Å²) < 4.78 is 4.75. The van der Waals surface area contributed by atoms with Crippen molar-refractivity contribution in [3.63, 3.8) is 0 Å². The molecule has 0 aromatic rings. The summed E-state index contributed by atoms with van der Waals surface area (Å²) in [4.78, 5) is 35.3. The molecule has 6 nitrogen and oxygen atoms in total. The van der Waals surface area contributed by atoms with Crippen molar-refractivity contribution >= 4 is 17.9 Å². The lowest BCUT2D eigenvalue weighted by atomic mass is 10.1. The number of carbonyl (C=O) groups excluding carboxylic acids is 3. The van der Waals surface area contributed by atoms with Crippen molar-refractivity contribution in [2.24, 2.45) is 0 Å². The maximum atomic E-state index is 11.7. The Morgan fingerprint density at radius 3 is 2.88 bits per heavy atom. The van der Waals surface area contributed by atoms with Gasteiger partial charge in [0.2, 0.25) is 0 Å². The molecule has 1 atom stereocenters. The third-order valence-corrected chi connectivity index (χ3v) is 2.36. The summed E-state index contributed by atoms with van der Waals surface area (Å²) in [6, 6.07) is -1.07. The van der Waals surface area contributed by atoms with E-state index in [0.29, 0.717) is 6.61 Å². The fourth-order valence-corrected chi connectivity index (χ4v) is 1.57. The van der Waals surface area contributed by atoms with Crippen LogP contribution in [0.4, 0.5) is 4.79 Å². The Morgan fingerprint density at radius 1 is 1.59 bits per heavy atom. The van der Waals surface area contributed by atoms with Crippen LogP contribution in [0.5, 0.6) is 0 Å². The van der Waals surface area contributed by atoms with Gasteiger partial charge in [0.15, 0.2) is 0 Å². The van der Waals surface area contributed by atoms with E-state index < -0.39 is 12.1 Å². The Bertz CT molecular complexity index is 340. The molecule has 94 valence electrons. The van der Waals surface area contributed by atoms with E-state index in [9.17, 15) is 14.4 Å². The maximum Gasteiger partial charge on any atom is 0.325 e. The first-order chi connectivity index (χ1) is 8.10. The Kier molecular flexibility index (Phi) is 4.68. The van der Waals surface area contributed by atoms with Crippen molar-refractivity contribution in [3.8, 4) is 0 Å². The van der Waals surface area contributed by atoms with Gasteiger partial charge in [-0.2, -0.15) is 0 Å². The van der Waals surface area contributed by atoms with Gasteiger partial charge in [-0.3, -0.25) is 14.5 Å². The van der Waals surface area contributed by atoms with Gasteiger partial charge in [-0.15, -0.1) is 6.58 Å². The number of carbonyl (C=O) groups is 3. The number of imide groups is 1. The standard InChI is InChI=1S/C11H16N2O4/c1-3-7-13-10(15)8(12-11(13)16)5-6-9(14)17-4-2/h3,8H,1,4-7H2,2H3,(H,12,16). The summed E-state index contributed by atoms with van der Waals surface area (Å²) in [5.74, 6) is -0.684. The summed E-state index contributed by atoms with van der Waals surface area (Å²) in [6.45, 7) is 5.68. The van der Waals surface area contributed by atoms with E-state index in [4.69, 9.17) is 4.74 Å². The van der Waals surface area contributed by atoms with E-state index in [1.165, 1.54) is 6.08 Å². The third kappa shape index (κ3) is 3.30. The molecule has 0 spiro atoms. The quantitative estimate of drug-likeness (QED) is 0.415. The molecular formula is C11H16N2O4. The number of hydrogen-bond donors (Lipinski definition) is 1. The van der Waals surface area contributed by atoms with Gasteiger partial charge in [0.1, 0.15) is 6.04 Å². The highest BCUT2D eigenvalue weighted by atomic mass is 16.5. The molecule has 0 saturated carbocycles. The zero-order chi connectivity index (χ0) is 12.8. The molecule has 1 N–H and O–H groups in total. The van der Waals surface area contributed by atoms with Crippen LogP contribution in [-0.2, 0) is 14.3 Å². The number of nitrogens with one attached hydrogen (secondary N) is 1. The van der Waals surface area contributed by atoms with Gasteiger partial charge in [0.25, 0.3) is 5.91 Å². The molecule has 0 radical (unpaired) electrons. The molecule has 1 fully saturated rings. The van der Waals surface area contributed by atoms with Crippen molar-refractivity contribution < 1.29 is 19.1 Å². The van der Waals surface area contributed by atoms with Crippen molar-refractivity contribution in [2.45, 2.75) is 25.8 Å². The summed E-state index contributed by atoms with van der Waals surface area (Å²) in [5, 5.41) is 2.52. The molecule has 17 heavy (non-hydrogen) atoms. The molecule has 3 amide bonds. The molecule has 1 rings (SSSR count). The molecule has 0 aromatic heterocycles. The van der Waals surface area contributed by atoms with Gasteiger partial charge in [0.05, 0.1) is 6.61 Å². The fourth-order valence-electron chi connectivity index (χ4n) is 1.57. The van der Waals surface area contributed by atoms with Crippen LogP contribution >= 0.6 is 0 Å². The minimum Gasteiger partial charge on any atom is -0.466 e. The largest absolute Gasteiger partial charge is 0.466 e. The summed E-state index contributed by atoms with van der Waals surface area (Å²) in [6.07, 6.45) is 1.86. The fraction of sp³-hybridized carbons (Fsp3) is 0.545. The number of nitrogens with zero attached hydrogens (tertiary/aromatic N) is 1. The summed E-state index contributed by atoms with van der Waals surface area (Å²) in [7, 11) is 0. The van der Waals surface area contributed by atoms with Gasteiger partial charge >= 0.3 is 12.0 Å². The Hall–Kier alpha value is -1.85. The predicted octanol–water partition coefficient (Wildman–Crippen LogP) is 0.436. The number of rotatable bonds is 6. The lowest BCUT2D eigenvalue weighted by Crippen LogP contribution is -2.31. The van der Waals surface area contributed by atoms with E-state index in [1.807, 2.05) is 0 Å². The molecule has 6 heteroatoms. The Morgan fingerprint density at radius 2 is 2.29 bits per heavy atom. The summed E-state index contributed by atoms with van der Waals surface area (Å²) in [5.41, 5.74) is 0. The highest BCUT2D eigenvalue weighted by Crippen LogP contribution is 2.11. The van der Waals surface area contributed by atoms with Crippen LogP contribution < -0.4 is 5.32 Å². The van der Waals surface area contributed by atoms with E-state index in [0.717, 1.165) is 4.90 Å². The maximum absolute atomic E-state index is 11.7. The lowest BCUT2D eigenvalue weighted by Gasteiger charge is -2.09. The second-order valence-electron chi connectivity index (χ2n) is 3.58. The van der Waals surface area contributed by atoms with E-state index in [1.54, 1.807) is 6.92 Å².